The molecular weight excluding hydrogens is 378 g/mol. The minimum absolute atomic E-state index is 0.158. The quantitative estimate of drug-likeness (QED) is 0.765. The largest absolute Gasteiger partial charge is 0.370 e. The molecule has 1 aromatic heterocycles. The van der Waals surface area contributed by atoms with E-state index in [1.54, 1.807) is 12.3 Å². The Balaban J connectivity index is 1.46. The molecule has 1 aliphatic carbocycles. The van der Waals surface area contributed by atoms with Gasteiger partial charge in [0, 0.05) is 31.2 Å². The highest BCUT2D eigenvalue weighted by molar-refractivity contribution is 5.97. The van der Waals surface area contributed by atoms with Gasteiger partial charge in [0.05, 0.1) is 18.7 Å². The van der Waals surface area contributed by atoms with Gasteiger partial charge in [-0.15, -0.1) is 0 Å². The Morgan fingerprint density at radius 2 is 1.90 bits per heavy atom. The predicted molar refractivity (Wildman–Crippen MR) is 117 cm³/mol. The van der Waals surface area contributed by atoms with E-state index >= 15 is 0 Å². The Kier molecular flexibility index (Phi) is 5.15. The number of likely N-dealkylation sites (tertiary alicyclic amines) is 1. The lowest BCUT2D eigenvalue weighted by atomic mass is 9.78. The van der Waals surface area contributed by atoms with Crippen LogP contribution in [-0.2, 0) is 11.8 Å². The van der Waals surface area contributed by atoms with E-state index in [1.165, 1.54) is 19.3 Å². The van der Waals surface area contributed by atoms with E-state index in [0.717, 1.165) is 37.9 Å². The van der Waals surface area contributed by atoms with Gasteiger partial charge in [-0.1, -0.05) is 25.0 Å². The summed E-state index contributed by atoms with van der Waals surface area (Å²) in [7, 11) is 1.89. The van der Waals surface area contributed by atoms with Crippen molar-refractivity contribution in [3.8, 4) is 0 Å². The van der Waals surface area contributed by atoms with Crippen molar-refractivity contribution in [2.45, 2.75) is 50.2 Å². The molecule has 0 bridgehead atoms. The molecular formula is C24H31N3O3. The molecule has 2 aliphatic heterocycles. The van der Waals surface area contributed by atoms with Gasteiger partial charge in [-0.2, -0.15) is 0 Å². The van der Waals surface area contributed by atoms with Crippen LogP contribution >= 0.6 is 0 Å². The number of hydrogen-bond acceptors (Lipinski definition) is 4. The molecule has 6 heteroatoms. The molecule has 3 fully saturated rings. The van der Waals surface area contributed by atoms with E-state index < -0.39 is 0 Å². The molecule has 0 radical (unpaired) electrons. The summed E-state index contributed by atoms with van der Waals surface area (Å²) in [5.74, 6) is -0.158. The maximum atomic E-state index is 13.5. The van der Waals surface area contributed by atoms with Crippen molar-refractivity contribution in [1.29, 1.82) is 0 Å². The van der Waals surface area contributed by atoms with Gasteiger partial charge in [-0.05, 0) is 50.9 Å². The highest BCUT2D eigenvalue weighted by atomic mass is 16.5. The van der Waals surface area contributed by atoms with Crippen LogP contribution in [0.4, 0.5) is 0 Å². The molecule has 0 N–H and O–H groups in total. The summed E-state index contributed by atoms with van der Waals surface area (Å²) in [5, 5.41) is 0.599. The molecule has 3 aliphatic rings. The fraction of sp³-hybridized carbons (Fsp3) is 0.583. The highest BCUT2D eigenvalue weighted by Gasteiger charge is 2.48. The number of carbonyl (C=O) groups is 1. The van der Waals surface area contributed by atoms with Crippen molar-refractivity contribution >= 4 is 16.8 Å². The van der Waals surface area contributed by atoms with Gasteiger partial charge in [-0.25, -0.2) is 0 Å². The highest BCUT2D eigenvalue weighted by Crippen LogP contribution is 2.39. The van der Waals surface area contributed by atoms with E-state index in [0.29, 0.717) is 31.1 Å². The van der Waals surface area contributed by atoms with Crippen molar-refractivity contribution in [3.05, 3.63) is 46.2 Å². The number of para-hydroxylation sites is 1. The SMILES string of the molecule is Cn1cc(C(=O)N2CCO[C@]3(CCCC[C@@H]3N3CCCC3)C2)c(=O)c2ccccc21. The fourth-order valence-electron chi connectivity index (χ4n) is 5.86. The van der Waals surface area contributed by atoms with Crippen LogP contribution in [0, 0.1) is 0 Å². The number of carbonyl (C=O) groups excluding carboxylic acids is 1. The van der Waals surface area contributed by atoms with Crippen molar-refractivity contribution in [1.82, 2.24) is 14.4 Å². The smallest absolute Gasteiger partial charge is 0.259 e. The summed E-state index contributed by atoms with van der Waals surface area (Å²) in [6.07, 6.45) is 8.71. The van der Waals surface area contributed by atoms with Crippen LogP contribution in [-0.4, -0.2) is 64.7 Å². The molecule has 2 atom stereocenters. The zero-order valence-electron chi connectivity index (χ0n) is 17.8. The molecule has 1 aromatic carbocycles. The van der Waals surface area contributed by atoms with E-state index in [4.69, 9.17) is 4.74 Å². The third-order valence-corrected chi connectivity index (χ3v) is 7.34. The minimum Gasteiger partial charge on any atom is -0.370 e. The van der Waals surface area contributed by atoms with Gasteiger partial charge in [-0.3, -0.25) is 14.5 Å². The van der Waals surface area contributed by atoms with Crippen molar-refractivity contribution in [2.75, 3.05) is 32.8 Å². The van der Waals surface area contributed by atoms with Gasteiger partial charge >= 0.3 is 0 Å². The zero-order chi connectivity index (χ0) is 20.7. The second-order valence-electron chi connectivity index (χ2n) is 9.14. The van der Waals surface area contributed by atoms with Gasteiger partial charge < -0.3 is 14.2 Å². The van der Waals surface area contributed by atoms with E-state index in [2.05, 4.69) is 4.90 Å². The number of morpholine rings is 1. The Morgan fingerprint density at radius 1 is 1.10 bits per heavy atom. The summed E-state index contributed by atoms with van der Waals surface area (Å²) >= 11 is 0. The Bertz CT molecular complexity index is 1010. The van der Waals surface area contributed by atoms with E-state index in [-0.39, 0.29) is 22.5 Å². The lowest BCUT2D eigenvalue weighted by Crippen LogP contribution is -2.64. The number of aryl methyl sites for hydroxylation is 1. The first-order valence-corrected chi connectivity index (χ1v) is 11.3. The lowest BCUT2D eigenvalue weighted by molar-refractivity contribution is -0.156. The third kappa shape index (κ3) is 3.26. The van der Waals surface area contributed by atoms with Crippen LogP contribution in [0.25, 0.3) is 10.9 Å². The summed E-state index contributed by atoms with van der Waals surface area (Å²) in [4.78, 5) is 31.1. The second-order valence-corrected chi connectivity index (χ2v) is 9.14. The molecule has 1 saturated carbocycles. The molecule has 30 heavy (non-hydrogen) atoms. The van der Waals surface area contributed by atoms with Crippen molar-refractivity contribution in [3.63, 3.8) is 0 Å². The Labute approximate surface area is 177 Å². The molecule has 1 amide bonds. The molecule has 1 spiro atoms. The first-order valence-electron chi connectivity index (χ1n) is 11.3. The molecule has 2 saturated heterocycles. The number of pyridine rings is 1. The first kappa shape index (κ1) is 19.8. The van der Waals surface area contributed by atoms with Gasteiger partial charge in [0.1, 0.15) is 11.2 Å². The summed E-state index contributed by atoms with van der Waals surface area (Å²) in [6.45, 7) is 3.94. The van der Waals surface area contributed by atoms with Crippen molar-refractivity contribution in [2.24, 2.45) is 7.05 Å². The second kappa shape index (κ2) is 7.82. The van der Waals surface area contributed by atoms with Crippen LogP contribution in [0.15, 0.2) is 35.3 Å². The average Bonchev–Trinajstić information content (AvgIpc) is 3.31. The standard InChI is InChI=1S/C24H31N3O3/c1-25-16-19(22(28)18-8-2-3-9-20(18)25)23(29)27-14-15-30-24(17-27)11-5-4-10-21(24)26-12-6-7-13-26/h2-3,8-9,16,21H,4-7,10-15,17H2,1H3/t21-,24+/m0/s1. The number of aromatic nitrogens is 1. The lowest BCUT2D eigenvalue weighted by Gasteiger charge is -2.52. The molecule has 2 aromatic rings. The first-order chi connectivity index (χ1) is 14.6. The Morgan fingerprint density at radius 3 is 2.73 bits per heavy atom. The van der Waals surface area contributed by atoms with Crippen molar-refractivity contribution < 1.29 is 9.53 Å². The number of fused-ring (bicyclic) bond motifs is 1. The number of benzene rings is 1. The summed E-state index contributed by atoms with van der Waals surface area (Å²) < 4.78 is 8.34. The van der Waals surface area contributed by atoms with Gasteiger partial charge in [0.15, 0.2) is 0 Å². The topological polar surface area (TPSA) is 54.8 Å². The normalized spacial score (nSPS) is 27.8. The zero-order valence-corrected chi connectivity index (χ0v) is 17.8. The average molecular weight is 410 g/mol. The maximum absolute atomic E-state index is 13.5. The molecule has 0 unspecified atom stereocenters. The number of amides is 1. The number of hydrogen-bond donors (Lipinski definition) is 0. The van der Waals surface area contributed by atoms with Crippen LogP contribution in [0.3, 0.4) is 0 Å². The number of nitrogens with zero attached hydrogens (tertiary/aromatic N) is 3. The van der Waals surface area contributed by atoms with E-state index in [1.807, 2.05) is 34.7 Å². The van der Waals surface area contributed by atoms with Crippen LogP contribution in [0.1, 0.15) is 48.9 Å². The number of rotatable bonds is 2. The van der Waals surface area contributed by atoms with E-state index in [9.17, 15) is 9.59 Å². The molecule has 160 valence electrons. The molecule has 5 rings (SSSR count). The van der Waals surface area contributed by atoms with Crippen LogP contribution in [0.5, 0.6) is 0 Å². The van der Waals surface area contributed by atoms with Crippen LogP contribution in [0.2, 0.25) is 0 Å². The molecule has 3 heterocycles. The number of ether oxygens (including phenoxy) is 1. The fourth-order valence-corrected chi connectivity index (χ4v) is 5.86. The molecule has 6 nitrogen and oxygen atoms in total. The van der Waals surface area contributed by atoms with Crippen LogP contribution < -0.4 is 5.43 Å². The maximum Gasteiger partial charge on any atom is 0.259 e. The predicted octanol–water partition coefficient (Wildman–Crippen LogP) is 2.79. The van der Waals surface area contributed by atoms with Gasteiger partial charge in [0.25, 0.3) is 5.91 Å². The Hall–Kier alpha value is -2.18. The monoisotopic (exact) mass is 409 g/mol. The summed E-state index contributed by atoms with van der Waals surface area (Å²) in [5.41, 5.74) is 0.646. The van der Waals surface area contributed by atoms with Gasteiger partial charge in [0.2, 0.25) is 5.43 Å². The third-order valence-electron chi connectivity index (χ3n) is 7.34. The summed E-state index contributed by atoms with van der Waals surface area (Å²) in [6, 6.07) is 7.86. The minimum atomic E-state index is -0.293.